The zero-order valence-electron chi connectivity index (χ0n) is 11.8. The number of benzene rings is 2. The van der Waals surface area contributed by atoms with E-state index in [1.807, 2.05) is 55.5 Å². The van der Waals surface area contributed by atoms with Crippen LogP contribution in [-0.4, -0.2) is 12.5 Å². The van der Waals surface area contributed by atoms with Gasteiger partial charge in [0.05, 0.1) is 12.0 Å². The summed E-state index contributed by atoms with van der Waals surface area (Å²) >= 11 is 3.53. The molecule has 0 aromatic heterocycles. The zero-order chi connectivity index (χ0) is 14.8. The highest BCUT2D eigenvalue weighted by molar-refractivity contribution is 9.10. The molecule has 0 saturated carbocycles. The summed E-state index contributed by atoms with van der Waals surface area (Å²) in [5.41, 5.74) is 3.23. The number of carbonyl (C=O) groups is 1. The Kier molecular flexibility index (Phi) is 3.97. The van der Waals surface area contributed by atoms with Crippen molar-refractivity contribution in [2.45, 2.75) is 18.9 Å². The summed E-state index contributed by atoms with van der Waals surface area (Å²) in [6, 6.07) is 15.9. The van der Waals surface area contributed by atoms with Gasteiger partial charge < -0.3 is 10.6 Å². The molecule has 0 aliphatic carbocycles. The number of hydrogen-bond acceptors (Lipinski definition) is 2. The second-order valence-electron chi connectivity index (χ2n) is 5.27. The topological polar surface area (TPSA) is 41.1 Å². The van der Waals surface area contributed by atoms with Crippen LogP contribution >= 0.6 is 15.9 Å². The largest absolute Gasteiger partial charge is 0.384 e. The van der Waals surface area contributed by atoms with Crippen molar-refractivity contribution in [3.05, 3.63) is 64.1 Å². The maximum absolute atomic E-state index is 12.5. The Bertz CT molecular complexity index is 671. The average molecular weight is 345 g/mol. The van der Waals surface area contributed by atoms with E-state index in [1.54, 1.807) is 0 Å². The first-order chi connectivity index (χ1) is 10.2. The lowest BCUT2D eigenvalue weighted by Gasteiger charge is -2.18. The molecule has 0 spiro atoms. The lowest BCUT2D eigenvalue weighted by Crippen LogP contribution is -2.32. The van der Waals surface area contributed by atoms with Gasteiger partial charge in [0.15, 0.2) is 0 Å². The van der Waals surface area contributed by atoms with E-state index in [4.69, 9.17) is 0 Å². The summed E-state index contributed by atoms with van der Waals surface area (Å²) in [5.74, 6) is -0.0539. The lowest BCUT2D eigenvalue weighted by molar-refractivity contribution is -0.122. The molecule has 2 aromatic rings. The average Bonchev–Trinajstić information content (AvgIpc) is 2.91. The van der Waals surface area contributed by atoms with Crippen LogP contribution in [-0.2, 0) is 4.79 Å². The Balaban J connectivity index is 1.75. The first-order valence-corrected chi connectivity index (χ1v) is 7.83. The van der Waals surface area contributed by atoms with Crippen LogP contribution in [0.1, 0.15) is 30.0 Å². The van der Waals surface area contributed by atoms with Crippen molar-refractivity contribution in [2.75, 3.05) is 11.9 Å². The van der Waals surface area contributed by atoms with E-state index < -0.39 is 0 Å². The Hall–Kier alpha value is -1.81. The van der Waals surface area contributed by atoms with E-state index in [0.29, 0.717) is 6.54 Å². The molecular weight excluding hydrogens is 328 g/mol. The maximum Gasteiger partial charge on any atom is 0.229 e. The van der Waals surface area contributed by atoms with Crippen molar-refractivity contribution in [3.8, 4) is 0 Å². The smallest absolute Gasteiger partial charge is 0.229 e. The summed E-state index contributed by atoms with van der Waals surface area (Å²) in [6.45, 7) is 2.67. The van der Waals surface area contributed by atoms with Gasteiger partial charge in [0.1, 0.15) is 0 Å². The van der Waals surface area contributed by atoms with E-state index in [9.17, 15) is 4.79 Å². The molecular formula is C17H17BrN2O. The van der Waals surface area contributed by atoms with Crippen LogP contribution in [0, 0.1) is 0 Å². The molecule has 3 rings (SSSR count). The molecule has 1 heterocycles. The molecule has 0 fully saturated rings. The van der Waals surface area contributed by atoms with Gasteiger partial charge in [-0.15, -0.1) is 0 Å². The Morgan fingerprint density at radius 3 is 2.76 bits per heavy atom. The fourth-order valence-electron chi connectivity index (χ4n) is 2.74. The normalized spacial score (nSPS) is 17.7. The molecule has 21 heavy (non-hydrogen) atoms. The first kappa shape index (κ1) is 14.1. The highest BCUT2D eigenvalue weighted by Gasteiger charge is 2.29. The van der Waals surface area contributed by atoms with Crippen molar-refractivity contribution in [2.24, 2.45) is 0 Å². The van der Waals surface area contributed by atoms with Gasteiger partial charge in [-0.05, 0) is 30.2 Å². The van der Waals surface area contributed by atoms with Crippen LogP contribution in [0.15, 0.2) is 53.0 Å². The van der Waals surface area contributed by atoms with Crippen molar-refractivity contribution in [1.82, 2.24) is 5.32 Å². The number of carbonyl (C=O) groups excluding carboxylic acids is 1. The van der Waals surface area contributed by atoms with Gasteiger partial charge in [-0.1, -0.05) is 52.3 Å². The molecule has 3 nitrogen and oxygen atoms in total. The van der Waals surface area contributed by atoms with Crippen LogP contribution in [0.4, 0.5) is 5.69 Å². The Morgan fingerprint density at radius 2 is 1.95 bits per heavy atom. The minimum atomic E-state index is -0.119. The minimum absolute atomic E-state index is 0.0270. The third kappa shape index (κ3) is 2.81. The summed E-state index contributed by atoms with van der Waals surface area (Å²) in [5, 5.41) is 6.40. The van der Waals surface area contributed by atoms with Crippen LogP contribution < -0.4 is 10.6 Å². The highest BCUT2D eigenvalue weighted by Crippen LogP contribution is 2.32. The van der Waals surface area contributed by atoms with Crippen LogP contribution in [0.2, 0.25) is 0 Å². The van der Waals surface area contributed by atoms with Crippen molar-refractivity contribution < 1.29 is 4.79 Å². The summed E-state index contributed by atoms with van der Waals surface area (Å²) in [4.78, 5) is 12.5. The third-order valence-electron chi connectivity index (χ3n) is 3.88. The molecule has 108 valence electrons. The maximum atomic E-state index is 12.5. The van der Waals surface area contributed by atoms with Gasteiger partial charge in [0.2, 0.25) is 5.91 Å². The van der Waals surface area contributed by atoms with E-state index in [1.165, 1.54) is 0 Å². The van der Waals surface area contributed by atoms with E-state index in [2.05, 4.69) is 26.6 Å². The van der Waals surface area contributed by atoms with Crippen molar-refractivity contribution in [1.29, 1.82) is 0 Å². The van der Waals surface area contributed by atoms with Crippen LogP contribution in [0.3, 0.4) is 0 Å². The second kappa shape index (κ2) is 5.90. The number of halogens is 1. The quantitative estimate of drug-likeness (QED) is 0.888. The molecule has 0 bridgehead atoms. The van der Waals surface area contributed by atoms with Crippen LogP contribution in [0.5, 0.6) is 0 Å². The monoisotopic (exact) mass is 344 g/mol. The molecule has 0 saturated heterocycles. The Labute approximate surface area is 132 Å². The van der Waals surface area contributed by atoms with Crippen molar-refractivity contribution >= 4 is 27.5 Å². The number of anilines is 1. The van der Waals surface area contributed by atoms with Gasteiger partial charge in [-0.25, -0.2) is 0 Å². The molecule has 0 radical (unpaired) electrons. The molecule has 2 aromatic carbocycles. The molecule has 2 N–H and O–H groups in total. The van der Waals surface area contributed by atoms with Gasteiger partial charge in [0.25, 0.3) is 0 Å². The Morgan fingerprint density at radius 1 is 1.24 bits per heavy atom. The zero-order valence-corrected chi connectivity index (χ0v) is 13.4. The third-order valence-corrected chi connectivity index (χ3v) is 4.60. The molecule has 4 heteroatoms. The molecule has 1 aliphatic rings. The number of nitrogens with one attached hydrogen (secondary N) is 2. The van der Waals surface area contributed by atoms with Crippen LogP contribution in [0.25, 0.3) is 0 Å². The fraction of sp³-hybridized carbons (Fsp3) is 0.235. The predicted molar refractivity (Wildman–Crippen MR) is 88.4 cm³/mol. The van der Waals surface area contributed by atoms with Gasteiger partial charge in [0, 0.05) is 16.7 Å². The highest BCUT2D eigenvalue weighted by atomic mass is 79.9. The summed E-state index contributed by atoms with van der Waals surface area (Å²) in [6.07, 6.45) is 0. The molecule has 2 unspecified atom stereocenters. The molecule has 2 atom stereocenters. The SMILES string of the molecule is CC(NC(=O)C1CNc2ccccc21)c1ccccc1Br. The van der Waals surface area contributed by atoms with E-state index in [0.717, 1.165) is 21.3 Å². The van der Waals surface area contributed by atoms with Crippen molar-refractivity contribution in [3.63, 3.8) is 0 Å². The minimum Gasteiger partial charge on any atom is -0.384 e. The van der Waals surface area contributed by atoms with Gasteiger partial charge in [-0.3, -0.25) is 4.79 Å². The molecule has 1 aliphatic heterocycles. The van der Waals surface area contributed by atoms with Gasteiger partial charge in [-0.2, -0.15) is 0 Å². The lowest BCUT2D eigenvalue weighted by atomic mass is 9.99. The second-order valence-corrected chi connectivity index (χ2v) is 6.13. The standard InChI is InChI=1S/C17H17BrN2O/c1-11(12-6-2-4-8-15(12)18)20-17(21)14-10-19-16-9-5-3-7-13(14)16/h2-9,11,14,19H,10H2,1H3,(H,20,21). The number of rotatable bonds is 3. The summed E-state index contributed by atoms with van der Waals surface area (Å²) in [7, 11) is 0. The predicted octanol–water partition coefficient (Wildman–Crippen LogP) is 3.84. The first-order valence-electron chi connectivity index (χ1n) is 7.04. The number of para-hydroxylation sites is 1. The summed E-state index contributed by atoms with van der Waals surface area (Å²) < 4.78 is 1.02. The van der Waals surface area contributed by atoms with E-state index >= 15 is 0 Å². The van der Waals surface area contributed by atoms with Gasteiger partial charge >= 0.3 is 0 Å². The van der Waals surface area contributed by atoms with E-state index in [-0.39, 0.29) is 17.9 Å². The number of hydrogen-bond donors (Lipinski definition) is 2. The number of fused-ring (bicyclic) bond motifs is 1. The number of amides is 1. The fourth-order valence-corrected chi connectivity index (χ4v) is 3.36. The molecule has 1 amide bonds.